The third-order valence-corrected chi connectivity index (χ3v) is 8.45. The number of nitrogens with one attached hydrogen (secondary N) is 2. The largest absolute Gasteiger partial charge is 0.744 e. The van der Waals surface area contributed by atoms with E-state index in [2.05, 4.69) is 40.5 Å². The topological polar surface area (TPSA) is 159 Å². The van der Waals surface area contributed by atoms with E-state index in [4.69, 9.17) is 23.2 Å². The lowest BCUT2D eigenvalue weighted by Crippen LogP contribution is -2.06. The average molecular weight is 711 g/mol. The number of halogens is 2. The molecule has 2 aromatic heterocycles. The maximum Gasteiger partial charge on any atom is 0.231 e. The van der Waals surface area contributed by atoms with Crippen molar-refractivity contribution < 1.29 is 13.0 Å². The number of nitrogens with zero attached hydrogens (tertiary/aromatic N) is 6. The number of aromatic nitrogens is 6. The summed E-state index contributed by atoms with van der Waals surface area (Å²) in [6, 6.07) is 29.3. The molecule has 0 aliphatic carbocycles. The Kier molecular flexibility index (Phi) is 10.2. The van der Waals surface area contributed by atoms with E-state index in [0.29, 0.717) is 36.1 Å². The Morgan fingerprint density at radius 1 is 0.633 bits per heavy atom. The molecule has 6 rings (SSSR count). The SMILES string of the molecule is Cc1cc(Cc2nc(Cl)nc(Nc3ccccc3)n2)ccc1/C=C/c1ccc(Nc2nc(Cl)nc(Cc3ccccc3)n2)cc1S(=O)(=O)[O-]. The van der Waals surface area contributed by atoms with E-state index in [-0.39, 0.29) is 22.1 Å². The number of hydrogen-bond donors (Lipinski definition) is 2. The van der Waals surface area contributed by atoms with Gasteiger partial charge in [-0.25, -0.2) is 18.4 Å². The summed E-state index contributed by atoms with van der Waals surface area (Å²) in [7, 11) is -4.84. The molecule has 0 fully saturated rings. The van der Waals surface area contributed by atoms with Gasteiger partial charge in [0.05, 0.1) is 4.90 Å². The molecule has 0 unspecified atom stereocenters. The van der Waals surface area contributed by atoms with E-state index in [9.17, 15) is 13.0 Å². The minimum absolute atomic E-state index is 0.0250. The van der Waals surface area contributed by atoms with Gasteiger partial charge >= 0.3 is 0 Å². The highest BCUT2D eigenvalue weighted by atomic mass is 35.5. The normalized spacial score (nSPS) is 11.5. The summed E-state index contributed by atoms with van der Waals surface area (Å²) in [6.45, 7) is 1.93. The summed E-state index contributed by atoms with van der Waals surface area (Å²) in [5.41, 5.74) is 5.00. The smallest absolute Gasteiger partial charge is 0.231 e. The summed E-state index contributed by atoms with van der Waals surface area (Å²) in [4.78, 5) is 25.2. The van der Waals surface area contributed by atoms with Crippen molar-refractivity contribution in [3.63, 3.8) is 0 Å². The Morgan fingerprint density at radius 3 is 1.80 bits per heavy atom. The minimum atomic E-state index is -4.84. The maximum absolute atomic E-state index is 12.3. The fraction of sp³-hybridized carbons (Fsp3) is 0.0857. The molecule has 0 amide bonds. The number of rotatable bonds is 11. The van der Waals surface area contributed by atoms with Crippen molar-refractivity contribution in [3.05, 3.63) is 147 Å². The fourth-order valence-corrected chi connectivity index (χ4v) is 6.02. The van der Waals surface area contributed by atoms with Crippen LogP contribution < -0.4 is 10.6 Å². The van der Waals surface area contributed by atoms with Gasteiger partial charge in [-0.2, -0.15) is 19.9 Å². The molecule has 0 aliphatic rings. The van der Waals surface area contributed by atoms with Crippen molar-refractivity contribution in [3.8, 4) is 0 Å². The van der Waals surface area contributed by atoms with Crippen LogP contribution in [-0.4, -0.2) is 42.9 Å². The Bertz CT molecular complexity index is 2260. The van der Waals surface area contributed by atoms with Crippen LogP contribution in [0.2, 0.25) is 10.6 Å². The Labute approximate surface area is 293 Å². The standard InChI is InChI=1S/C35H28Cl2N8O3S/c1-22-18-24(20-31-41-33(37)44-34(43-31)38-27-10-6-3-7-11-27)12-13-25(22)14-15-26-16-17-28(21-29(26)49(46,47)48)39-35-42-30(40-32(36)45-35)19-23-8-4-2-5-9-23/h2-18,21H,19-20H2,1H3,(H,46,47,48)(H,38,41,43,44)(H,39,40,42,45)/p-1/b15-14+. The van der Waals surface area contributed by atoms with Gasteiger partial charge in [-0.05, 0) is 82.2 Å². The quantitative estimate of drug-likeness (QED) is 0.102. The zero-order valence-corrected chi connectivity index (χ0v) is 28.2. The predicted octanol–water partition coefficient (Wildman–Crippen LogP) is 7.42. The Morgan fingerprint density at radius 2 is 1.18 bits per heavy atom. The zero-order chi connectivity index (χ0) is 34.4. The monoisotopic (exact) mass is 709 g/mol. The molecule has 14 heteroatoms. The molecule has 2 N–H and O–H groups in total. The lowest BCUT2D eigenvalue weighted by molar-refractivity contribution is 0.463. The van der Waals surface area contributed by atoms with Gasteiger partial charge in [0.25, 0.3) is 0 Å². The average Bonchev–Trinajstić information content (AvgIpc) is 3.05. The van der Waals surface area contributed by atoms with Crippen molar-refractivity contribution in [2.75, 3.05) is 10.6 Å². The number of anilines is 4. The number of para-hydroxylation sites is 1. The van der Waals surface area contributed by atoms with Crippen LogP contribution in [0.15, 0.2) is 102 Å². The van der Waals surface area contributed by atoms with Crippen LogP contribution in [0.25, 0.3) is 12.2 Å². The third kappa shape index (κ3) is 9.21. The molecule has 246 valence electrons. The van der Waals surface area contributed by atoms with E-state index < -0.39 is 15.0 Å². The molecule has 0 saturated heterocycles. The van der Waals surface area contributed by atoms with Crippen molar-refractivity contribution >= 4 is 68.7 Å². The molecule has 0 radical (unpaired) electrons. The highest BCUT2D eigenvalue weighted by Crippen LogP contribution is 2.26. The number of benzene rings is 4. The van der Waals surface area contributed by atoms with E-state index >= 15 is 0 Å². The molecule has 0 bridgehead atoms. The number of hydrogen-bond acceptors (Lipinski definition) is 11. The molecule has 6 aromatic rings. The second-order valence-corrected chi connectivity index (χ2v) is 12.9. The van der Waals surface area contributed by atoms with Crippen LogP contribution in [0.4, 0.5) is 23.3 Å². The molecule has 49 heavy (non-hydrogen) atoms. The van der Waals surface area contributed by atoms with Gasteiger partial charge in [-0.15, -0.1) is 0 Å². The van der Waals surface area contributed by atoms with Crippen LogP contribution in [0.3, 0.4) is 0 Å². The molecule has 0 saturated carbocycles. The van der Waals surface area contributed by atoms with Gasteiger partial charge in [0, 0.05) is 24.2 Å². The highest BCUT2D eigenvalue weighted by molar-refractivity contribution is 7.85. The van der Waals surface area contributed by atoms with Gasteiger partial charge in [-0.3, -0.25) is 0 Å². The molecule has 4 aromatic carbocycles. The van der Waals surface area contributed by atoms with Gasteiger partial charge in [0.15, 0.2) is 0 Å². The first-order valence-corrected chi connectivity index (χ1v) is 17.1. The highest BCUT2D eigenvalue weighted by Gasteiger charge is 2.12. The molecule has 0 spiro atoms. The van der Waals surface area contributed by atoms with Crippen LogP contribution in [0, 0.1) is 6.92 Å². The van der Waals surface area contributed by atoms with Crippen LogP contribution >= 0.6 is 23.2 Å². The minimum Gasteiger partial charge on any atom is -0.744 e. The van der Waals surface area contributed by atoms with Crippen LogP contribution in [0.5, 0.6) is 0 Å². The van der Waals surface area contributed by atoms with Crippen molar-refractivity contribution in [1.29, 1.82) is 0 Å². The second-order valence-electron chi connectivity index (χ2n) is 10.9. The summed E-state index contributed by atoms with van der Waals surface area (Å²) >= 11 is 12.3. The summed E-state index contributed by atoms with van der Waals surface area (Å²) < 4.78 is 36.9. The van der Waals surface area contributed by atoms with E-state index in [1.807, 2.05) is 85.8 Å². The molecule has 11 nitrogen and oxygen atoms in total. The third-order valence-electron chi connectivity index (χ3n) is 7.22. The van der Waals surface area contributed by atoms with Crippen molar-refractivity contribution in [2.45, 2.75) is 24.7 Å². The Hall–Kier alpha value is -5.27. The van der Waals surface area contributed by atoms with Gasteiger partial charge < -0.3 is 15.2 Å². The first kappa shape index (κ1) is 33.6. The van der Waals surface area contributed by atoms with Crippen molar-refractivity contribution in [1.82, 2.24) is 29.9 Å². The summed E-state index contributed by atoms with van der Waals surface area (Å²) in [5, 5.41) is 6.12. The zero-order valence-electron chi connectivity index (χ0n) is 25.9. The number of aryl methyl sites for hydroxylation is 1. The maximum atomic E-state index is 12.3. The van der Waals surface area contributed by atoms with Crippen LogP contribution in [0.1, 0.15) is 39.5 Å². The first-order valence-electron chi connectivity index (χ1n) is 14.9. The van der Waals surface area contributed by atoms with Crippen LogP contribution in [-0.2, 0) is 23.0 Å². The lowest BCUT2D eigenvalue weighted by atomic mass is 10.0. The molecule has 2 heterocycles. The lowest BCUT2D eigenvalue weighted by Gasteiger charge is -2.14. The molecule has 0 atom stereocenters. The molecular formula is C35H27Cl2N8O3S-. The second kappa shape index (κ2) is 14.9. The fourth-order valence-electron chi connectivity index (χ4n) is 4.97. The van der Waals surface area contributed by atoms with E-state index in [0.717, 1.165) is 27.9 Å². The molecule has 0 aliphatic heterocycles. The molecular weight excluding hydrogens is 683 g/mol. The summed E-state index contributed by atoms with van der Waals surface area (Å²) in [5.74, 6) is 1.37. The summed E-state index contributed by atoms with van der Waals surface area (Å²) in [6.07, 6.45) is 4.16. The van der Waals surface area contributed by atoms with E-state index in [1.54, 1.807) is 18.2 Å². The predicted molar refractivity (Wildman–Crippen MR) is 189 cm³/mol. The van der Waals surface area contributed by atoms with E-state index in [1.165, 1.54) is 12.1 Å². The van der Waals surface area contributed by atoms with Gasteiger partial charge in [0.1, 0.15) is 21.8 Å². The van der Waals surface area contributed by atoms with Gasteiger partial charge in [-0.1, -0.05) is 84.9 Å². The van der Waals surface area contributed by atoms with Crippen molar-refractivity contribution in [2.24, 2.45) is 0 Å². The Balaban J connectivity index is 1.18. The van der Waals surface area contributed by atoms with Gasteiger partial charge in [0.2, 0.25) is 22.5 Å². The first-order chi connectivity index (χ1) is 23.6.